The molecule has 0 bridgehead atoms. The van der Waals surface area contributed by atoms with E-state index in [2.05, 4.69) is 36.9 Å². The highest BCUT2D eigenvalue weighted by atomic mass is 15.3. The van der Waals surface area contributed by atoms with E-state index < -0.39 is 0 Å². The third kappa shape index (κ3) is 3.77. The Kier molecular flexibility index (Phi) is 4.36. The Labute approximate surface area is 133 Å². The summed E-state index contributed by atoms with van der Waals surface area (Å²) in [5.74, 6) is 0.907. The van der Waals surface area contributed by atoms with Crippen LogP contribution in [0.4, 0.5) is 17.5 Å². The number of nitrogens with one attached hydrogen (secondary N) is 2. The monoisotopic (exact) mass is 303 g/mol. The van der Waals surface area contributed by atoms with Gasteiger partial charge in [-0.15, -0.1) is 5.10 Å². The number of hydrogen-bond acceptors (Lipinski definition) is 7. The van der Waals surface area contributed by atoms with Crippen molar-refractivity contribution in [3.05, 3.63) is 66.1 Å². The fourth-order valence-electron chi connectivity index (χ4n) is 1.95. The van der Waals surface area contributed by atoms with Crippen molar-refractivity contribution in [3.8, 4) is 6.07 Å². The third-order valence-corrected chi connectivity index (χ3v) is 3.04. The molecule has 0 fully saturated rings. The van der Waals surface area contributed by atoms with Gasteiger partial charge in [0.1, 0.15) is 6.07 Å². The van der Waals surface area contributed by atoms with Crippen LogP contribution in [-0.4, -0.2) is 20.2 Å². The summed E-state index contributed by atoms with van der Waals surface area (Å²) in [6.07, 6.45) is 4.99. The lowest BCUT2D eigenvalue weighted by Gasteiger charge is -2.08. The molecule has 0 saturated heterocycles. The lowest BCUT2D eigenvalue weighted by molar-refractivity contribution is 0.946. The molecule has 0 aliphatic carbocycles. The predicted octanol–water partition coefficient (Wildman–Crippen LogP) is 2.49. The van der Waals surface area contributed by atoms with E-state index in [9.17, 15) is 0 Å². The second-order valence-corrected chi connectivity index (χ2v) is 4.66. The summed E-state index contributed by atoms with van der Waals surface area (Å²) in [6, 6.07) is 13.2. The fourth-order valence-corrected chi connectivity index (χ4v) is 1.95. The molecule has 2 heterocycles. The average Bonchev–Trinajstić information content (AvgIpc) is 2.62. The van der Waals surface area contributed by atoms with Crippen LogP contribution in [0, 0.1) is 11.3 Å². The van der Waals surface area contributed by atoms with E-state index >= 15 is 0 Å². The first-order chi connectivity index (χ1) is 11.3. The van der Waals surface area contributed by atoms with Crippen molar-refractivity contribution in [2.45, 2.75) is 6.54 Å². The molecule has 0 atom stereocenters. The second kappa shape index (κ2) is 6.95. The molecular formula is C16H13N7. The third-order valence-electron chi connectivity index (χ3n) is 3.04. The molecule has 2 N–H and O–H groups in total. The van der Waals surface area contributed by atoms with Gasteiger partial charge in [-0.1, -0.05) is 18.2 Å². The first-order valence-electron chi connectivity index (χ1n) is 6.94. The number of nitrogens with zero attached hydrogens (tertiary/aromatic N) is 5. The Bertz CT molecular complexity index is 827. The lowest BCUT2D eigenvalue weighted by Crippen LogP contribution is -2.06. The fraction of sp³-hybridized carbons (Fsp3) is 0.0625. The Morgan fingerprint density at radius 3 is 2.83 bits per heavy atom. The molecule has 0 spiro atoms. The normalized spacial score (nSPS) is 9.87. The maximum Gasteiger partial charge on any atom is 0.244 e. The van der Waals surface area contributed by atoms with Gasteiger partial charge in [0.2, 0.25) is 5.95 Å². The van der Waals surface area contributed by atoms with Crippen LogP contribution >= 0.6 is 0 Å². The number of aromatic nitrogens is 4. The summed E-state index contributed by atoms with van der Waals surface area (Å²) in [7, 11) is 0. The molecule has 0 radical (unpaired) electrons. The zero-order valence-corrected chi connectivity index (χ0v) is 12.1. The molecule has 0 aliphatic rings. The zero-order chi connectivity index (χ0) is 15.9. The number of nitriles is 1. The minimum Gasteiger partial charge on any atom is -0.349 e. The molecular weight excluding hydrogens is 290 g/mol. The van der Waals surface area contributed by atoms with Gasteiger partial charge in [-0.25, -0.2) is 0 Å². The first-order valence-corrected chi connectivity index (χ1v) is 6.94. The summed E-state index contributed by atoms with van der Waals surface area (Å²) in [5, 5.41) is 23.1. The summed E-state index contributed by atoms with van der Waals surface area (Å²) in [6.45, 7) is 0.549. The molecule has 7 nitrogen and oxygen atoms in total. The summed E-state index contributed by atoms with van der Waals surface area (Å²) >= 11 is 0. The smallest absolute Gasteiger partial charge is 0.244 e. The van der Waals surface area contributed by atoms with Crippen molar-refractivity contribution in [1.29, 1.82) is 5.26 Å². The summed E-state index contributed by atoms with van der Waals surface area (Å²) < 4.78 is 0. The highest BCUT2D eigenvalue weighted by molar-refractivity contribution is 5.64. The molecule has 1 aromatic carbocycles. The number of rotatable bonds is 5. The van der Waals surface area contributed by atoms with E-state index in [1.54, 1.807) is 18.5 Å². The van der Waals surface area contributed by atoms with E-state index in [0.29, 0.717) is 29.6 Å². The maximum atomic E-state index is 9.10. The van der Waals surface area contributed by atoms with E-state index in [1.165, 1.54) is 6.20 Å². The number of pyridine rings is 1. The Morgan fingerprint density at radius 1 is 1.09 bits per heavy atom. The molecule has 7 heteroatoms. The molecule has 23 heavy (non-hydrogen) atoms. The number of benzene rings is 1. The quantitative estimate of drug-likeness (QED) is 0.747. The van der Waals surface area contributed by atoms with Gasteiger partial charge in [-0.3, -0.25) is 4.98 Å². The van der Waals surface area contributed by atoms with Gasteiger partial charge in [0, 0.05) is 18.9 Å². The number of para-hydroxylation sites is 1. The van der Waals surface area contributed by atoms with Crippen LogP contribution in [0.1, 0.15) is 11.1 Å². The van der Waals surface area contributed by atoms with Gasteiger partial charge < -0.3 is 10.6 Å². The van der Waals surface area contributed by atoms with E-state index in [1.807, 2.05) is 30.3 Å². The molecule has 3 rings (SSSR count). The van der Waals surface area contributed by atoms with Gasteiger partial charge in [-0.2, -0.15) is 15.3 Å². The van der Waals surface area contributed by atoms with Crippen LogP contribution in [0.5, 0.6) is 0 Å². The minimum atomic E-state index is 0.397. The largest absolute Gasteiger partial charge is 0.349 e. The van der Waals surface area contributed by atoms with Gasteiger partial charge >= 0.3 is 0 Å². The molecule has 0 saturated carbocycles. The molecule has 0 aliphatic heterocycles. The van der Waals surface area contributed by atoms with E-state index in [-0.39, 0.29) is 0 Å². The zero-order valence-electron chi connectivity index (χ0n) is 12.1. The van der Waals surface area contributed by atoms with Crippen molar-refractivity contribution in [2.24, 2.45) is 0 Å². The maximum absolute atomic E-state index is 9.10. The van der Waals surface area contributed by atoms with Crippen LogP contribution in [0.3, 0.4) is 0 Å². The van der Waals surface area contributed by atoms with Crippen LogP contribution in [-0.2, 0) is 6.54 Å². The van der Waals surface area contributed by atoms with E-state index in [4.69, 9.17) is 5.26 Å². The molecule has 2 aromatic heterocycles. The van der Waals surface area contributed by atoms with E-state index in [0.717, 1.165) is 5.56 Å². The number of hydrogen-bond donors (Lipinski definition) is 2. The van der Waals surface area contributed by atoms with Crippen molar-refractivity contribution in [1.82, 2.24) is 20.2 Å². The molecule has 0 unspecified atom stereocenters. The molecule has 3 aromatic rings. The predicted molar refractivity (Wildman–Crippen MR) is 85.8 cm³/mol. The average molecular weight is 303 g/mol. The Morgan fingerprint density at radius 2 is 2.00 bits per heavy atom. The van der Waals surface area contributed by atoms with Crippen LogP contribution in [0.25, 0.3) is 0 Å². The van der Waals surface area contributed by atoms with Crippen LogP contribution in [0.2, 0.25) is 0 Å². The standard InChI is InChI=1S/C16H13N7/c17-8-13-5-1-2-6-14(13)21-15-11-20-23-16(22-15)19-10-12-4-3-7-18-9-12/h1-7,9,11H,10H2,(H2,19,21,22,23). The second-order valence-electron chi connectivity index (χ2n) is 4.66. The number of anilines is 3. The molecule has 112 valence electrons. The highest BCUT2D eigenvalue weighted by Crippen LogP contribution is 2.18. The van der Waals surface area contributed by atoms with Crippen molar-refractivity contribution < 1.29 is 0 Å². The van der Waals surface area contributed by atoms with Crippen molar-refractivity contribution in [3.63, 3.8) is 0 Å². The topological polar surface area (TPSA) is 99.4 Å². The van der Waals surface area contributed by atoms with Crippen LogP contribution < -0.4 is 10.6 Å². The van der Waals surface area contributed by atoms with Gasteiger partial charge in [0.15, 0.2) is 5.82 Å². The highest BCUT2D eigenvalue weighted by Gasteiger charge is 2.04. The van der Waals surface area contributed by atoms with Crippen molar-refractivity contribution in [2.75, 3.05) is 10.6 Å². The molecule has 0 amide bonds. The Hall–Kier alpha value is -3.53. The van der Waals surface area contributed by atoms with Gasteiger partial charge in [-0.05, 0) is 23.8 Å². The van der Waals surface area contributed by atoms with Crippen LogP contribution in [0.15, 0.2) is 55.0 Å². The minimum absolute atomic E-state index is 0.397. The van der Waals surface area contributed by atoms with Crippen molar-refractivity contribution >= 4 is 17.5 Å². The first kappa shape index (κ1) is 14.4. The summed E-state index contributed by atoms with van der Waals surface area (Å²) in [5.41, 5.74) is 2.23. The lowest BCUT2D eigenvalue weighted by atomic mass is 10.2. The Balaban J connectivity index is 1.71. The van der Waals surface area contributed by atoms with Gasteiger partial charge in [0.05, 0.1) is 17.4 Å². The van der Waals surface area contributed by atoms with Gasteiger partial charge in [0.25, 0.3) is 0 Å². The SMILES string of the molecule is N#Cc1ccccc1Nc1cnnc(NCc2cccnc2)n1. The summed E-state index contributed by atoms with van der Waals surface area (Å²) in [4.78, 5) is 8.38.